The second-order valence-corrected chi connectivity index (χ2v) is 6.03. The molecule has 0 saturated heterocycles. The van der Waals surface area contributed by atoms with Crippen LogP contribution in [0.25, 0.3) is 10.8 Å². The monoisotopic (exact) mass is 389 g/mol. The smallest absolute Gasteiger partial charge is 0.195 e. The fourth-order valence-electron chi connectivity index (χ4n) is 2.45. The Morgan fingerprint density at radius 1 is 1.17 bits per heavy atom. The summed E-state index contributed by atoms with van der Waals surface area (Å²) in [6, 6.07) is 0.973. The van der Waals surface area contributed by atoms with E-state index in [1.54, 1.807) is 0 Å². The Balaban J connectivity index is 2.21. The Morgan fingerprint density at radius 3 is 2.52 bits per heavy atom. The molecular formula is C16H19BrF3N3. The van der Waals surface area contributed by atoms with Crippen molar-refractivity contribution in [3.63, 3.8) is 0 Å². The van der Waals surface area contributed by atoms with Crippen LogP contribution in [0, 0.1) is 17.5 Å². The molecule has 0 aliphatic rings. The Morgan fingerprint density at radius 2 is 1.87 bits per heavy atom. The minimum atomic E-state index is -1.48. The molecule has 0 spiro atoms. The summed E-state index contributed by atoms with van der Waals surface area (Å²) in [6.45, 7) is 7.59. The molecule has 0 atom stereocenters. The summed E-state index contributed by atoms with van der Waals surface area (Å²) in [4.78, 5) is 6.36. The van der Waals surface area contributed by atoms with Gasteiger partial charge in [-0.2, -0.15) is 0 Å². The number of benzene rings is 1. The third-order valence-corrected chi connectivity index (χ3v) is 4.43. The third-order valence-electron chi connectivity index (χ3n) is 3.80. The number of aromatic nitrogens is 1. The first-order valence-corrected chi connectivity index (χ1v) is 8.36. The maximum absolute atomic E-state index is 14.1. The van der Waals surface area contributed by atoms with Gasteiger partial charge in [-0.1, -0.05) is 13.8 Å². The standard InChI is InChI=1S/C16H19BrF3N3/c1-3-23(4-2)7-5-6-21-16-13-10(11(17)9-22-16)8-12(18)14(19)15(13)20/h8-9H,3-7H2,1-2H3,(H,21,22). The lowest BCUT2D eigenvalue weighted by molar-refractivity contribution is 0.303. The molecule has 1 aromatic heterocycles. The zero-order valence-electron chi connectivity index (χ0n) is 13.1. The fourth-order valence-corrected chi connectivity index (χ4v) is 2.87. The lowest BCUT2D eigenvalue weighted by Gasteiger charge is -2.18. The van der Waals surface area contributed by atoms with Crippen LogP contribution in [0.4, 0.5) is 19.0 Å². The molecule has 0 amide bonds. The van der Waals surface area contributed by atoms with Crippen LogP contribution in [0.15, 0.2) is 16.7 Å². The van der Waals surface area contributed by atoms with Gasteiger partial charge in [-0.05, 0) is 48.1 Å². The molecular weight excluding hydrogens is 371 g/mol. The topological polar surface area (TPSA) is 28.2 Å². The maximum Gasteiger partial charge on any atom is 0.195 e. The Bertz CT molecular complexity index is 690. The van der Waals surface area contributed by atoms with E-state index < -0.39 is 17.5 Å². The SMILES string of the molecule is CCN(CC)CCCNc1ncc(Br)c2cc(F)c(F)c(F)c12. The summed E-state index contributed by atoms with van der Waals surface area (Å²) in [6.07, 6.45) is 2.29. The van der Waals surface area contributed by atoms with Crippen LogP contribution in [0.1, 0.15) is 20.3 Å². The van der Waals surface area contributed by atoms with Crippen LogP contribution < -0.4 is 5.32 Å². The van der Waals surface area contributed by atoms with Gasteiger partial charge in [0.1, 0.15) is 5.82 Å². The van der Waals surface area contributed by atoms with Crippen molar-refractivity contribution in [2.24, 2.45) is 0 Å². The van der Waals surface area contributed by atoms with E-state index in [1.807, 2.05) is 0 Å². The van der Waals surface area contributed by atoms with E-state index in [0.29, 0.717) is 11.0 Å². The molecule has 23 heavy (non-hydrogen) atoms. The largest absolute Gasteiger partial charge is 0.369 e. The third kappa shape index (κ3) is 3.95. The highest BCUT2D eigenvalue weighted by molar-refractivity contribution is 9.10. The second-order valence-electron chi connectivity index (χ2n) is 5.17. The quantitative estimate of drug-likeness (QED) is 0.555. The molecule has 0 bridgehead atoms. The Kier molecular flexibility index (Phi) is 6.24. The van der Waals surface area contributed by atoms with Gasteiger partial charge in [-0.15, -0.1) is 0 Å². The van der Waals surface area contributed by atoms with Gasteiger partial charge in [0, 0.05) is 22.6 Å². The van der Waals surface area contributed by atoms with Gasteiger partial charge >= 0.3 is 0 Å². The first-order chi connectivity index (χ1) is 11.0. The van der Waals surface area contributed by atoms with Crippen molar-refractivity contribution in [2.45, 2.75) is 20.3 Å². The van der Waals surface area contributed by atoms with Gasteiger partial charge in [-0.3, -0.25) is 0 Å². The summed E-state index contributed by atoms with van der Waals surface area (Å²) in [5.41, 5.74) is 0. The van der Waals surface area contributed by atoms with Crippen LogP contribution >= 0.6 is 15.9 Å². The van der Waals surface area contributed by atoms with E-state index in [4.69, 9.17) is 0 Å². The molecule has 2 rings (SSSR count). The lowest BCUT2D eigenvalue weighted by Crippen LogP contribution is -2.25. The minimum absolute atomic E-state index is 0.0406. The summed E-state index contributed by atoms with van der Waals surface area (Å²) in [7, 11) is 0. The van der Waals surface area contributed by atoms with Crippen molar-refractivity contribution < 1.29 is 13.2 Å². The van der Waals surface area contributed by atoms with Crippen molar-refractivity contribution in [3.8, 4) is 0 Å². The molecule has 3 nitrogen and oxygen atoms in total. The molecule has 126 valence electrons. The number of hydrogen-bond donors (Lipinski definition) is 1. The number of hydrogen-bond acceptors (Lipinski definition) is 3. The summed E-state index contributed by atoms with van der Waals surface area (Å²) < 4.78 is 41.5. The zero-order valence-corrected chi connectivity index (χ0v) is 14.7. The van der Waals surface area contributed by atoms with Crippen LogP contribution in [0.2, 0.25) is 0 Å². The van der Waals surface area contributed by atoms with Crippen molar-refractivity contribution in [1.82, 2.24) is 9.88 Å². The normalized spacial score (nSPS) is 11.4. The van der Waals surface area contributed by atoms with E-state index in [0.717, 1.165) is 32.1 Å². The van der Waals surface area contributed by atoms with Crippen molar-refractivity contribution in [2.75, 3.05) is 31.5 Å². The van der Waals surface area contributed by atoms with Gasteiger partial charge in [-0.25, -0.2) is 18.2 Å². The van der Waals surface area contributed by atoms with Gasteiger partial charge in [0.2, 0.25) is 0 Å². The predicted octanol–water partition coefficient (Wildman–Crippen LogP) is 4.56. The van der Waals surface area contributed by atoms with E-state index >= 15 is 0 Å². The number of nitrogens with one attached hydrogen (secondary N) is 1. The van der Waals surface area contributed by atoms with Crippen molar-refractivity contribution >= 4 is 32.5 Å². The molecule has 0 radical (unpaired) electrons. The van der Waals surface area contributed by atoms with Gasteiger partial charge in [0.05, 0.1) is 5.39 Å². The van der Waals surface area contributed by atoms with E-state index in [1.165, 1.54) is 6.20 Å². The highest BCUT2D eigenvalue weighted by atomic mass is 79.9. The number of anilines is 1. The van der Waals surface area contributed by atoms with Crippen LogP contribution in [0.3, 0.4) is 0 Å². The fraction of sp³-hybridized carbons (Fsp3) is 0.438. The van der Waals surface area contributed by atoms with Gasteiger partial charge < -0.3 is 10.2 Å². The first-order valence-electron chi connectivity index (χ1n) is 7.57. The summed E-state index contributed by atoms with van der Waals surface area (Å²) in [5, 5.41) is 3.23. The zero-order chi connectivity index (χ0) is 17.0. The first kappa shape index (κ1) is 18.0. The molecule has 2 aromatic rings. The predicted molar refractivity (Wildman–Crippen MR) is 90.2 cm³/mol. The number of fused-ring (bicyclic) bond motifs is 1. The van der Waals surface area contributed by atoms with Crippen LogP contribution in [-0.2, 0) is 0 Å². The van der Waals surface area contributed by atoms with E-state index in [9.17, 15) is 13.2 Å². The number of halogens is 4. The second kappa shape index (κ2) is 7.97. The molecule has 0 fully saturated rings. The van der Waals surface area contributed by atoms with Crippen LogP contribution in [0.5, 0.6) is 0 Å². The summed E-state index contributed by atoms with van der Waals surface area (Å²) in [5.74, 6) is -3.70. The molecule has 0 saturated carbocycles. The van der Waals surface area contributed by atoms with Crippen molar-refractivity contribution in [1.29, 1.82) is 0 Å². The lowest BCUT2D eigenvalue weighted by atomic mass is 10.1. The van der Waals surface area contributed by atoms with Crippen molar-refractivity contribution in [3.05, 3.63) is 34.2 Å². The minimum Gasteiger partial charge on any atom is -0.369 e. The van der Waals surface area contributed by atoms with E-state index in [2.05, 4.69) is 45.0 Å². The van der Waals surface area contributed by atoms with Crippen LogP contribution in [-0.4, -0.2) is 36.1 Å². The number of rotatable bonds is 7. The molecule has 7 heteroatoms. The number of nitrogens with zero attached hydrogens (tertiary/aromatic N) is 2. The molecule has 0 aliphatic heterocycles. The number of pyridine rings is 1. The highest BCUT2D eigenvalue weighted by Crippen LogP contribution is 2.32. The Hall–Kier alpha value is -1.34. The van der Waals surface area contributed by atoms with Gasteiger partial charge in [0.15, 0.2) is 17.5 Å². The maximum atomic E-state index is 14.1. The van der Waals surface area contributed by atoms with E-state index in [-0.39, 0.29) is 16.6 Å². The molecule has 0 aliphatic carbocycles. The highest BCUT2D eigenvalue weighted by Gasteiger charge is 2.18. The molecule has 0 unspecified atom stereocenters. The molecule has 1 N–H and O–H groups in total. The Labute approximate surface area is 142 Å². The van der Waals surface area contributed by atoms with Gasteiger partial charge in [0.25, 0.3) is 0 Å². The average molecular weight is 390 g/mol. The average Bonchev–Trinajstić information content (AvgIpc) is 2.55. The molecule has 1 heterocycles. The summed E-state index contributed by atoms with van der Waals surface area (Å²) >= 11 is 3.19. The molecule has 1 aromatic carbocycles.